The topological polar surface area (TPSA) is 65.4 Å². The Morgan fingerprint density at radius 3 is 3.23 bits per heavy atom. The summed E-state index contributed by atoms with van der Waals surface area (Å²) in [5, 5.41) is 8.32. The average Bonchev–Trinajstić information content (AvgIpc) is 2.61. The zero-order valence-corrected chi connectivity index (χ0v) is 6.73. The normalized spacial score (nSPS) is 10.7. The van der Waals surface area contributed by atoms with E-state index in [4.69, 9.17) is 5.26 Å². The van der Waals surface area contributed by atoms with E-state index in [9.17, 15) is 0 Å². The number of hydrogen-bond donors (Lipinski definition) is 1. The number of nitriles is 1. The number of aromatic amines is 1. The number of rotatable bonds is 1. The van der Waals surface area contributed by atoms with Crippen molar-refractivity contribution in [2.75, 3.05) is 0 Å². The zero-order valence-electron chi connectivity index (χ0n) is 6.73. The van der Waals surface area contributed by atoms with Crippen molar-refractivity contribution in [2.24, 2.45) is 0 Å². The van der Waals surface area contributed by atoms with E-state index in [1.807, 2.05) is 12.1 Å². The third-order valence-corrected chi connectivity index (χ3v) is 1.65. The summed E-state index contributed by atoms with van der Waals surface area (Å²) in [5.74, 6) is 0. The van der Waals surface area contributed by atoms with Crippen LogP contribution >= 0.6 is 0 Å². The molecule has 0 aliphatic rings. The molecule has 13 heavy (non-hydrogen) atoms. The second-order valence-corrected chi connectivity index (χ2v) is 2.50. The van der Waals surface area contributed by atoms with Crippen molar-refractivity contribution in [1.29, 1.82) is 5.26 Å². The van der Waals surface area contributed by atoms with Crippen LogP contribution in [0.4, 0.5) is 0 Å². The fourth-order valence-corrected chi connectivity index (χ4v) is 1.07. The van der Waals surface area contributed by atoms with Crippen molar-refractivity contribution in [1.82, 2.24) is 15.0 Å². The Kier molecular flexibility index (Phi) is 1.77. The van der Waals surface area contributed by atoms with E-state index in [1.54, 1.807) is 18.6 Å². The van der Waals surface area contributed by atoms with E-state index >= 15 is 0 Å². The number of nitrogens with zero attached hydrogens (tertiary/aromatic N) is 3. The molecule has 0 spiro atoms. The Morgan fingerprint density at radius 1 is 1.46 bits per heavy atom. The lowest BCUT2D eigenvalue weighted by atomic mass is 10.2. The quantitative estimate of drug-likeness (QED) is 0.659. The maximum atomic E-state index is 8.32. The van der Waals surface area contributed by atoms with Gasteiger partial charge in [0.1, 0.15) is 0 Å². The van der Waals surface area contributed by atoms with Gasteiger partial charge in [0.2, 0.25) is 0 Å². The summed E-state index contributed by atoms with van der Waals surface area (Å²) in [7, 11) is 0. The lowest BCUT2D eigenvalue weighted by molar-refractivity contribution is 1.30. The molecule has 2 aromatic rings. The van der Waals surface area contributed by atoms with E-state index in [0.717, 1.165) is 11.1 Å². The number of allylic oxidation sites excluding steroid dienone is 1. The molecule has 0 atom stereocenters. The highest BCUT2D eigenvalue weighted by Gasteiger charge is 1.96. The molecule has 0 radical (unpaired) electrons. The Balaban J connectivity index is 2.49. The van der Waals surface area contributed by atoms with Gasteiger partial charge in [-0.1, -0.05) is 0 Å². The van der Waals surface area contributed by atoms with Crippen LogP contribution in [-0.4, -0.2) is 15.0 Å². The van der Waals surface area contributed by atoms with Gasteiger partial charge in [-0.2, -0.15) is 5.26 Å². The van der Waals surface area contributed by atoms with Crippen LogP contribution in [0.2, 0.25) is 0 Å². The second-order valence-electron chi connectivity index (χ2n) is 2.50. The Labute approximate surface area is 74.6 Å². The molecule has 0 aliphatic heterocycles. The lowest BCUT2D eigenvalue weighted by Gasteiger charge is -1.90. The molecule has 0 bridgehead atoms. The van der Waals surface area contributed by atoms with Crippen LogP contribution in [0.5, 0.6) is 0 Å². The van der Waals surface area contributed by atoms with Gasteiger partial charge in [-0.15, -0.1) is 0 Å². The van der Waals surface area contributed by atoms with Crippen LogP contribution in [0.3, 0.4) is 0 Å². The predicted molar refractivity (Wildman–Crippen MR) is 48.5 cm³/mol. The number of hydrogen-bond acceptors (Lipinski definition) is 3. The minimum atomic E-state index is 0.689. The minimum Gasteiger partial charge on any atom is -0.343 e. The molecule has 62 valence electrons. The molecule has 2 aromatic heterocycles. The van der Waals surface area contributed by atoms with Crippen LogP contribution in [0.15, 0.2) is 24.7 Å². The first kappa shape index (κ1) is 7.50. The van der Waals surface area contributed by atoms with Gasteiger partial charge in [0.05, 0.1) is 17.9 Å². The summed E-state index contributed by atoms with van der Waals surface area (Å²) >= 11 is 0. The first-order chi connectivity index (χ1) is 6.40. The summed E-state index contributed by atoms with van der Waals surface area (Å²) < 4.78 is 0. The van der Waals surface area contributed by atoms with E-state index in [1.165, 1.54) is 6.08 Å². The molecule has 2 heterocycles. The van der Waals surface area contributed by atoms with Crippen molar-refractivity contribution in [2.45, 2.75) is 0 Å². The minimum absolute atomic E-state index is 0.689. The van der Waals surface area contributed by atoms with Gasteiger partial charge in [-0.3, -0.25) is 0 Å². The maximum absolute atomic E-state index is 8.32. The highest BCUT2D eigenvalue weighted by molar-refractivity contribution is 5.73. The molecule has 0 aromatic carbocycles. The van der Waals surface area contributed by atoms with Gasteiger partial charge in [0.15, 0.2) is 5.65 Å². The molecule has 0 saturated carbocycles. The van der Waals surface area contributed by atoms with Crippen LogP contribution in [0, 0.1) is 11.3 Å². The fraction of sp³-hybridized carbons (Fsp3) is 0. The number of imidazole rings is 1. The highest BCUT2D eigenvalue weighted by atomic mass is 14.9. The Morgan fingerprint density at radius 2 is 2.38 bits per heavy atom. The van der Waals surface area contributed by atoms with Gasteiger partial charge >= 0.3 is 0 Å². The molecule has 0 unspecified atom stereocenters. The number of aromatic nitrogens is 3. The first-order valence-electron chi connectivity index (χ1n) is 3.75. The van der Waals surface area contributed by atoms with Crippen molar-refractivity contribution >= 4 is 17.2 Å². The van der Waals surface area contributed by atoms with Gasteiger partial charge in [0, 0.05) is 12.3 Å². The van der Waals surface area contributed by atoms with Gasteiger partial charge in [-0.05, 0) is 17.7 Å². The van der Waals surface area contributed by atoms with Crippen molar-refractivity contribution < 1.29 is 0 Å². The molecule has 0 saturated heterocycles. The van der Waals surface area contributed by atoms with Gasteiger partial charge in [-0.25, -0.2) is 9.97 Å². The predicted octanol–water partition coefficient (Wildman–Crippen LogP) is 1.49. The maximum Gasteiger partial charge on any atom is 0.177 e. The summed E-state index contributed by atoms with van der Waals surface area (Å²) in [6.45, 7) is 0. The summed E-state index contributed by atoms with van der Waals surface area (Å²) in [6.07, 6.45) is 6.39. The molecule has 4 heteroatoms. The van der Waals surface area contributed by atoms with Gasteiger partial charge in [0.25, 0.3) is 0 Å². The summed E-state index contributed by atoms with van der Waals surface area (Å²) in [4.78, 5) is 11.0. The summed E-state index contributed by atoms with van der Waals surface area (Å²) in [6, 6.07) is 3.82. The van der Waals surface area contributed by atoms with Crippen LogP contribution in [-0.2, 0) is 0 Å². The van der Waals surface area contributed by atoms with E-state index < -0.39 is 0 Å². The largest absolute Gasteiger partial charge is 0.343 e. The zero-order chi connectivity index (χ0) is 9.10. The molecular weight excluding hydrogens is 164 g/mol. The van der Waals surface area contributed by atoms with Gasteiger partial charge < -0.3 is 4.98 Å². The Hall–Kier alpha value is -2.15. The monoisotopic (exact) mass is 170 g/mol. The fourth-order valence-electron chi connectivity index (χ4n) is 1.07. The highest BCUT2D eigenvalue weighted by Crippen LogP contribution is 2.09. The van der Waals surface area contributed by atoms with E-state index in [0.29, 0.717) is 5.65 Å². The van der Waals surface area contributed by atoms with E-state index in [2.05, 4.69) is 15.0 Å². The molecule has 4 nitrogen and oxygen atoms in total. The molecule has 2 rings (SSSR count). The third kappa shape index (κ3) is 1.40. The first-order valence-corrected chi connectivity index (χ1v) is 3.75. The molecule has 0 amide bonds. The van der Waals surface area contributed by atoms with Crippen molar-refractivity contribution in [3.8, 4) is 6.07 Å². The SMILES string of the molecule is N#CC=Cc1cnc2nc[nH]c2c1. The number of pyridine rings is 1. The molecule has 0 fully saturated rings. The molecule has 1 N–H and O–H groups in total. The number of fused-ring (bicyclic) bond motifs is 1. The number of nitrogens with one attached hydrogen (secondary N) is 1. The second kappa shape index (κ2) is 3.07. The molecular formula is C9H6N4. The molecule has 0 aliphatic carbocycles. The van der Waals surface area contributed by atoms with Crippen LogP contribution in [0.1, 0.15) is 5.56 Å². The lowest BCUT2D eigenvalue weighted by Crippen LogP contribution is -1.78. The standard InChI is InChI=1S/C9H6N4/c10-3-1-2-7-4-8-9(11-5-7)13-6-12-8/h1-2,4-6H,(H,11,12,13). The van der Waals surface area contributed by atoms with Crippen molar-refractivity contribution in [3.63, 3.8) is 0 Å². The van der Waals surface area contributed by atoms with Crippen LogP contribution < -0.4 is 0 Å². The van der Waals surface area contributed by atoms with Crippen molar-refractivity contribution in [3.05, 3.63) is 30.2 Å². The number of H-pyrrole nitrogens is 1. The van der Waals surface area contributed by atoms with Crippen LogP contribution in [0.25, 0.3) is 17.2 Å². The third-order valence-electron chi connectivity index (χ3n) is 1.65. The van der Waals surface area contributed by atoms with E-state index in [-0.39, 0.29) is 0 Å². The Bertz CT molecular complexity index is 490. The smallest absolute Gasteiger partial charge is 0.177 e. The summed E-state index contributed by atoms with van der Waals surface area (Å²) in [5.41, 5.74) is 2.45. The average molecular weight is 170 g/mol.